The van der Waals surface area contributed by atoms with Gasteiger partial charge in [0.25, 0.3) is 0 Å². The van der Waals surface area contributed by atoms with Crippen molar-refractivity contribution >= 4 is 5.65 Å². The van der Waals surface area contributed by atoms with E-state index in [2.05, 4.69) is 15.4 Å². The van der Waals surface area contributed by atoms with Crippen LogP contribution in [-0.4, -0.2) is 33.8 Å². The predicted octanol–water partition coefficient (Wildman–Crippen LogP) is 1.17. The van der Waals surface area contributed by atoms with E-state index in [-0.39, 0.29) is 6.10 Å². The molecule has 2 aromatic heterocycles. The van der Waals surface area contributed by atoms with Gasteiger partial charge in [-0.05, 0) is 37.9 Å². The first-order valence-corrected chi connectivity index (χ1v) is 6.01. The zero-order valence-corrected chi connectivity index (χ0v) is 9.89. The average molecular weight is 232 g/mol. The number of hydrogen-bond donors (Lipinski definition) is 1. The molecule has 5 nitrogen and oxygen atoms in total. The van der Waals surface area contributed by atoms with Crippen LogP contribution in [0.3, 0.4) is 0 Å². The van der Waals surface area contributed by atoms with E-state index in [0.717, 1.165) is 43.0 Å². The summed E-state index contributed by atoms with van der Waals surface area (Å²) in [6.07, 6.45) is 4.05. The van der Waals surface area contributed by atoms with Crippen LogP contribution in [0.25, 0.3) is 5.65 Å². The summed E-state index contributed by atoms with van der Waals surface area (Å²) in [7, 11) is 0. The standard InChI is InChI=1S/C12H16N4O/c1-9-5-11-14-8-15-16(11)12(6-9)17-10-3-2-4-13-7-10/h5-6,8,10,13H,2-4,7H2,1H3/t10-/m0/s1. The Morgan fingerprint density at radius 1 is 1.47 bits per heavy atom. The van der Waals surface area contributed by atoms with Crippen LogP contribution < -0.4 is 10.1 Å². The van der Waals surface area contributed by atoms with E-state index in [4.69, 9.17) is 4.74 Å². The van der Waals surface area contributed by atoms with Crippen LogP contribution in [0.1, 0.15) is 18.4 Å². The van der Waals surface area contributed by atoms with Crippen molar-refractivity contribution in [1.29, 1.82) is 0 Å². The monoisotopic (exact) mass is 232 g/mol. The second-order valence-electron chi connectivity index (χ2n) is 4.49. The maximum atomic E-state index is 6.01. The molecule has 17 heavy (non-hydrogen) atoms. The lowest BCUT2D eigenvalue weighted by atomic mass is 10.1. The third-order valence-electron chi connectivity index (χ3n) is 3.03. The van der Waals surface area contributed by atoms with Crippen molar-refractivity contribution in [2.75, 3.05) is 13.1 Å². The first kappa shape index (κ1) is 10.5. The van der Waals surface area contributed by atoms with E-state index in [1.807, 2.05) is 19.1 Å². The second-order valence-corrected chi connectivity index (χ2v) is 4.49. The van der Waals surface area contributed by atoms with Crippen molar-refractivity contribution in [3.05, 3.63) is 24.0 Å². The van der Waals surface area contributed by atoms with Gasteiger partial charge in [0.05, 0.1) is 0 Å². The van der Waals surface area contributed by atoms with Crippen LogP contribution in [0.5, 0.6) is 5.88 Å². The Hall–Kier alpha value is -1.62. The molecule has 0 aliphatic carbocycles. The smallest absolute Gasteiger partial charge is 0.217 e. The number of hydrogen-bond acceptors (Lipinski definition) is 4. The van der Waals surface area contributed by atoms with Gasteiger partial charge in [0, 0.05) is 12.6 Å². The molecule has 0 amide bonds. The van der Waals surface area contributed by atoms with Gasteiger partial charge in [0.1, 0.15) is 12.4 Å². The molecule has 0 unspecified atom stereocenters. The summed E-state index contributed by atoms with van der Waals surface area (Å²) in [6.45, 7) is 4.04. The lowest BCUT2D eigenvalue weighted by Crippen LogP contribution is -2.37. The van der Waals surface area contributed by atoms with E-state index in [1.165, 1.54) is 0 Å². The molecule has 1 saturated heterocycles. The third-order valence-corrected chi connectivity index (χ3v) is 3.03. The van der Waals surface area contributed by atoms with Crippen LogP contribution in [0.2, 0.25) is 0 Å². The maximum absolute atomic E-state index is 6.01. The highest BCUT2D eigenvalue weighted by molar-refractivity contribution is 5.43. The summed E-state index contributed by atoms with van der Waals surface area (Å²) >= 11 is 0. The molecule has 1 fully saturated rings. The molecule has 2 aromatic rings. The van der Waals surface area contributed by atoms with Crippen molar-refractivity contribution in [3.63, 3.8) is 0 Å². The van der Waals surface area contributed by atoms with Crippen LogP contribution in [0.4, 0.5) is 0 Å². The van der Waals surface area contributed by atoms with E-state index in [0.29, 0.717) is 0 Å². The van der Waals surface area contributed by atoms with Gasteiger partial charge in [-0.25, -0.2) is 4.98 Å². The quantitative estimate of drug-likeness (QED) is 0.844. The number of aryl methyl sites for hydroxylation is 1. The molecule has 1 aliphatic rings. The average Bonchev–Trinajstić information content (AvgIpc) is 2.78. The first-order chi connectivity index (χ1) is 8.33. The van der Waals surface area contributed by atoms with Crippen LogP contribution in [0.15, 0.2) is 18.5 Å². The highest BCUT2D eigenvalue weighted by Gasteiger charge is 2.16. The Bertz CT molecular complexity index is 516. The molecule has 0 radical (unpaired) electrons. The maximum Gasteiger partial charge on any atom is 0.217 e. The number of ether oxygens (including phenoxy) is 1. The Kier molecular flexibility index (Phi) is 2.68. The van der Waals surface area contributed by atoms with E-state index in [1.54, 1.807) is 10.8 Å². The van der Waals surface area contributed by atoms with E-state index >= 15 is 0 Å². The van der Waals surface area contributed by atoms with Gasteiger partial charge < -0.3 is 10.1 Å². The van der Waals surface area contributed by atoms with Crippen molar-refractivity contribution < 1.29 is 4.74 Å². The van der Waals surface area contributed by atoms with Crippen LogP contribution in [-0.2, 0) is 0 Å². The van der Waals surface area contributed by atoms with Gasteiger partial charge in [-0.1, -0.05) is 0 Å². The number of pyridine rings is 1. The summed E-state index contributed by atoms with van der Waals surface area (Å²) in [6, 6.07) is 4.01. The van der Waals surface area contributed by atoms with Crippen LogP contribution in [0, 0.1) is 6.92 Å². The van der Waals surface area contributed by atoms with Gasteiger partial charge >= 0.3 is 0 Å². The topological polar surface area (TPSA) is 51.5 Å². The molecule has 0 bridgehead atoms. The Labute approximate surface area is 99.8 Å². The molecule has 1 N–H and O–H groups in total. The van der Waals surface area contributed by atoms with Gasteiger partial charge in [0.2, 0.25) is 5.88 Å². The number of piperidine rings is 1. The Morgan fingerprint density at radius 2 is 2.41 bits per heavy atom. The van der Waals surface area contributed by atoms with Gasteiger partial charge in [-0.15, -0.1) is 0 Å². The zero-order chi connectivity index (χ0) is 11.7. The number of fused-ring (bicyclic) bond motifs is 1. The number of rotatable bonds is 2. The first-order valence-electron chi connectivity index (χ1n) is 6.01. The van der Waals surface area contributed by atoms with Gasteiger partial charge in [-0.3, -0.25) is 0 Å². The fraction of sp³-hybridized carbons (Fsp3) is 0.500. The fourth-order valence-electron chi connectivity index (χ4n) is 2.20. The predicted molar refractivity (Wildman–Crippen MR) is 64.2 cm³/mol. The molecule has 0 spiro atoms. The van der Waals surface area contributed by atoms with Crippen molar-refractivity contribution in [1.82, 2.24) is 19.9 Å². The molecule has 0 aromatic carbocycles. The largest absolute Gasteiger partial charge is 0.473 e. The minimum absolute atomic E-state index is 0.234. The molecule has 1 atom stereocenters. The molecule has 90 valence electrons. The highest BCUT2D eigenvalue weighted by atomic mass is 16.5. The zero-order valence-electron chi connectivity index (χ0n) is 9.89. The second kappa shape index (κ2) is 4.33. The van der Waals surface area contributed by atoms with Crippen molar-refractivity contribution in [2.45, 2.75) is 25.9 Å². The van der Waals surface area contributed by atoms with Crippen molar-refractivity contribution in [2.24, 2.45) is 0 Å². The SMILES string of the molecule is Cc1cc(O[C@H]2CCCNC2)n2ncnc2c1. The summed E-state index contributed by atoms with van der Waals surface area (Å²) in [5, 5.41) is 7.53. The van der Waals surface area contributed by atoms with Crippen molar-refractivity contribution in [3.8, 4) is 5.88 Å². The lowest BCUT2D eigenvalue weighted by Gasteiger charge is -2.24. The molecule has 3 heterocycles. The number of nitrogens with zero attached hydrogens (tertiary/aromatic N) is 3. The fourth-order valence-corrected chi connectivity index (χ4v) is 2.20. The summed E-state index contributed by atoms with van der Waals surface area (Å²) in [5.41, 5.74) is 1.98. The summed E-state index contributed by atoms with van der Waals surface area (Å²) in [4.78, 5) is 4.19. The number of aromatic nitrogens is 3. The van der Waals surface area contributed by atoms with E-state index < -0.39 is 0 Å². The van der Waals surface area contributed by atoms with Crippen LogP contribution >= 0.6 is 0 Å². The molecular formula is C12H16N4O. The Balaban J connectivity index is 1.90. The minimum Gasteiger partial charge on any atom is -0.473 e. The molecule has 1 aliphatic heterocycles. The molecule has 3 rings (SSSR count). The lowest BCUT2D eigenvalue weighted by molar-refractivity contribution is 0.156. The summed E-state index contributed by atoms with van der Waals surface area (Å²) in [5.74, 6) is 0.784. The number of nitrogens with one attached hydrogen (secondary N) is 1. The highest BCUT2D eigenvalue weighted by Crippen LogP contribution is 2.18. The van der Waals surface area contributed by atoms with Gasteiger partial charge in [0.15, 0.2) is 5.65 Å². The Morgan fingerprint density at radius 3 is 3.24 bits per heavy atom. The molecule has 0 saturated carbocycles. The minimum atomic E-state index is 0.234. The van der Waals surface area contributed by atoms with Gasteiger partial charge in [-0.2, -0.15) is 9.61 Å². The molecular weight excluding hydrogens is 216 g/mol. The summed E-state index contributed by atoms with van der Waals surface area (Å²) < 4.78 is 7.76. The normalized spacial score (nSPS) is 20.6. The molecule has 5 heteroatoms. The van der Waals surface area contributed by atoms with E-state index in [9.17, 15) is 0 Å². The third kappa shape index (κ3) is 2.10.